The summed E-state index contributed by atoms with van der Waals surface area (Å²) in [4.78, 5) is 35.5. The number of hydrogen-bond acceptors (Lipinski definition) is 7. The van der Waals surface area contributed by atoms with Crippen molar-refractivity contribution >= 4 is 35.1 Å². The van der Waals surface area contributed by atoms with Gasteiger partial charge in [0.05, 0.1) is 19.7 Å². The fourth-order valence-corrected chi connectivity index (χ4v) is 3.58. The number of aromatic nitrogens is 1. The van der Waals surface area contributed by atoms with Crippen LogP contribution >= 0.6 is 11.6 Å². The zero-order valence-corrected chi connectivity index (χ0v) is 19.8. The Morgan fingerprint density at radius 2 is 1.92 bits per heavy atom. The van der Waals surface area contributed by atoms with Crippen LogP contribution in [0, 0.1) is 11.7 Å². The molecule has 0 radical (unpaired) electrons. The van der Waals surface area contributed by atoms with Crippen molar-refractivity contribution in [2.45, 2.75) is 6.54 Å². The van der Waals surface area contributed by atoms with Gasteiger partial charge in [-0.2, -0.15) is 0 Å². The Labute approximate surface area is 211 Å². The summed E-state index contributed by atoms with van der Waals surface area (Å²) in [6.07, 6.45) is 1.43. The maximum absolute atomic E-state index is 13.8. The van der Waals surface area contributed by atoms with E-state index in [1.54, 1.807) is 48.5 Å². The lowest BCUT2D eigenvalue weighted by molar-refractivity contribution is -0.140. The number of aliphatic hydroxyl groups is 1. The van der Waals surface area contributed by atoms with E-state index in [4.69, 9.17) is 21.4 Å². The zero-order valence-electron chi connectivity index (χ0n) is 19.0. The van der Waals surface area contributed by atoms with Gasteiger partial charge in [0, 0.05) is 23.5 Å². The topological polar surface area (TPSA) is 116 Å². The van der Waals surface area contributed by atoms with E-state index >= 15 is 0 Å². The largest absolute Gasteiger partial charge is 0.436 e. The minimum absolute atomic E-state index is 0.0459. The molecule has 2 aromatic carbocycles. The standard InChI is InChI=1S/C25H23ClFN5O4/c26-17-5-3-16(4-6-17)15-32-24(35)20(22(34)28-12-13-33)14-30-25(32)31-18-7-9-19(10-8-18)36-23-21(27)2-1-11-29-23/h1-11,20,33H,12-15H2,(H,28,34)(H,30,31). The molecule has 0 aliphatic carbocycles. The summed E-state index contributed by atoms with van der Waals surface area (Å²) in [6.45, 7) is -0.0726. The minimum Gasteiger partial charge on any atom is -0.436 e. The van der Waals surface area contributed by atoms with Crippen LogP contribution in [-0.4, -0.2) is 52.5 Å². The van der Waals surface area contributed by atoms with Crippen LogP contribution in [0.4, 0.5) is 10.1 Å². The van der Waals surface area contributed by atoms with Gasteiger partial charge in [-0.25, -0.2) is 9.37 Å². The third-order valence-electron chi connectivity index (χ3n) is 5.27. The van der Waals surface area contributed by atoms with Gasteiger partial charge in [-0.05, 0) is 54.1 Å². The lowest BCUT2D eigenvalue weighted by Crippen LogP contribution is -2.52. The third-order valence-corrected chi connectivity index (χ3v) is 5.53. The molecule has 4 rings (SSSR count). The Morgan fingerprint density at radius 1 is 1.17 bits per heavy atom. The first kappa shape index (κ1) is 25.1. The average molecular weight is 512 g/mol. The minimum atomic E-state index is -1.02. The Balaban J connectivity index is 1.52. The van der Waals surface area contributed by atoms with E-state index < -0.39 is 23.5 Å². The van der Waals surface area contributed by atoms with E-state index in [2.05, 4.69) is 20.6 Å². The number of halogens is 2. The second-order valence-corrected chi connectivity index (χ2v) is 8.26. The molecule has 0 fully saturated rings. The maximum atomic E-state index is 13.8. The van der Waals surface area contributed by atoms with Crippen molar-refractivity contribution < 1.29 is 23.8 Å². The molecule has 186 valence electrons. The highest BCUT2D eigenvalue weighted by molar-refractivity contribution is 6.30. The molecule has 0 saturated carbocycles. The Bertz CT molecular complexity index is 1250. The fraction of sp³-hybridized carbons (Fsp3) is 0.200. The van der Waals surface area contributed by atoms with E-state index in [0.29, 0.717) is 16.5 Å². The molecule has 1 aliphatic heterocycles. The molecule has 0 spiro atoms. The zero-order chi connectivity index (χ0) is 25.5. The van der Waals surface area contributed by atoms with Crippen LogP contribution in [0.15, 0.2) is 71.9 Å². The van der Waals surface area contributed by atoms with E-state index in [0.717, 1.165) is 5.56 Å². The summed E-state index contributed by atoms with van der Waals surface area (Å²) >= 11 is 5.98. The number of rotatable bonds is 8. The smallest absolute Gasteiger partial charge is 0.255 e. The summed E-state index contributed by atoms with van der Waals surface area (Å²) in [5.74, 6) is -2.02. The van der Waals surface area contributed by atoms with Crippen LogP contribution in [0.5, 0.6) is 11.6 Å². The lowest BCUT2D eigenvalue weighted by atomic mass is 10.0. The molecule has 1 aromatic heterocycles. The molecule has 2 heterocycles. The highest BCUT2D eigenvalue weighted by Gasteiger charge is 2.36. The molecule has 0 bridgehead atoms. The highest BCUT2D eigenvalue weighted by Crippen LogP contribution is 2.24. The molecular weight excluding hydrogens is 489 g/mol. The monoisotopic (exact) mass is 511 g/mol. The molecule has 1 atom stereocenters. The van der Waals surface area contributed by atoms with Crippen molar-refractivity contribution in [3.63, 3.8) is 0 Å². The lowest BCUT2D eigenvalue weighted by Gasteiger charge is -2.32. The van der Waals surface area contributed by atoms with Crippen molar-refractivity contribution in [3.05, 3.63) is 83.3 Å². The van der Waals surface area contributed by atoms with Crippen molar-refractivity contribution in [1.29, 1.82) is 0 Å². The van der Waals surface area contributed by atoms with E-state index in [1.807, 2.05) is 0 Å². The molecular formula is C25H23ClFN5O4. The van der Waals surface area contributed by atoms with E-state index in [1.165, 1.54) is 23.2 Å². The first-order chi connectivity index (χ1) is 17.4. The Morgan fingerprint density at radius 3 is 2.61 bits per heavy atom. The summed E-state index contributed by atoms with van der Waals surface area (Å²) < 4.78 is 19.3. The Kier molecular flexibility index (Phi) is 8.09. The van der Waals surface area contributed by atoms with Crippen LogP contribution in [0.3, 0.4) is 0 Å². The van der Waals surface area contributed by atoms with Gasteiger partial charge in [0.25, 0.3) is 5.88 Å². The number of nitrogens with one attached hydrogen (secondary N) is 2. The number of nitrogens with zero attached hydrogens (tertiary/aromatic N) is 3. The van der Waals surface area contributed by atoms with Crippen LogP contribution < -0.4 is 15.4 Å². The summed E-state index contributed by atoms with van der Waals surface area (Å²) in [6, 6.07) is 16.3. The maximum Gasteiger partial charge on any atom is 0.255 e. The average Bonchev–Trinajstić information content (AvgIpc) is 2.88. The number of amides is 2. The van der Waals surface area contributed by atoms with Gasteiger partial charge in [-0.3, -0.25) is 19.5 Å². The Hall–Kier alpha value is -4.02. The van der Waals surface area contributed by atoms with E-state index in [9.17, 15) is 14.0 Å². The predicted octanol–water partition coefficient (Wildman–Crippen LogP) is 3.20. The summed E-state index contributed by atoms with van der Waals surface area (Å²) in [5.41, 5.74) is 1.39. The van der Waals surface area contributed by atoms with Crippen molar-refractivity contribution in [3.8, 4) is 11.6 Å². The number of aliphatic imine (C=N–C) groups is 1. The van der Waals surface area contributed by atoms with Gasteiger partial charge in [-0.15, -0.1) is 0 Å². The molecule has 1 unspecified atom stereocenters. The van der Waals surface area contributed by atoms with Gasteiger partial charge >= 0.3 is 0 Å². The van der Waals surface area contributed by atoms with Crippen molar-refractivity contribution in [1.82, 2.24) is 15.2 Å². The number of aliphatic hydroxyl groups excluding tert-OH is 1. The molecule has 3 aromatic rings. The number of carbonyl (C=O) groups is 2. The van der Waals surface area contributed by atoms with Gasteiger partial charge in [0.2, 0.25) is 17.8 Å². The van der Waals surface area contributed by atoms with Crippen molar-refractivity contribution in [2.75, 3.05) is 25.0 Å². The number of carbonyl (C=O) groups excluding carboxylic acids is 2. The van der Waals surface area contributed by atoms with Gasteiger partial charge in [-0.1, -0.05) is 23.7 Å². The van der Waals surface area contributed by atoms with Crippen LogP contribution in [0.25, 0.3) is 0 Å². The number of benzene rings is 2. The number of anilines is 1. The number of pyridine rings is 1. The molecule has 9 nitrogen and oxygen atoms in total. The van der Waals surface area contributed by atoms with Gasteiger partial charge < -0.3 is 20.5 Å². The van der Waals surface area contributed by atoms with Crippen LogP contribution in [0.1, 0.15) is 5.56 Å². The fourth-order valence-electron chi connectivity index (χ4n) is 3.46. The normalized spacial score (nSPS) is 15.3. The molecule has 3 N–H and O–H groups in total. The SMILES string of the molecule is O=C(NCCO)C1CN=C(Nc2ccc(Oc3ncccc3F)cc2)N(Cc2ccc(Cl)cc2)C1=O. The quantitative estimate of drug-likeness (QED) is 0.400. The number of hydrogen-bond donors (Lipinski definition) is 3. The van der Waals surface area contributed by atoms with E-state index in [-0.39, 0.29) is 38.1 Å². The number of ether oxygens (including phenoxy) is 1. The van der Waals surface area contributed by atoms with Gasteiger partial charge in [0.1, 0.15) is 11.7 Å². The molecule has 1 aliphatic rings. The second kappa shape index (κ2) is 11.6. The third kappa shape index (κ3) is 6.15. The molecule has 0 saturated heterocycles. The van der Waals surface area contributed by atoms with Crippen LogP contribution in [-0.2, 0) is 16.1 Å². The molecule has 36 heavy (non-hydrogen) atoms. The summed E-state index contributed by atoms with van der Waals surface area (Å²) in [5, 5.41) is 15.2. The summed E-state index contributed by atoms with van der Waals surface area (Å²) in [7, 11) is 0. The molecule has 11 heteroatoms. The number of guanidine groups is 1. The second-order valence-electron chi connectivity index (χ2n) is 7.82. The molecule has 2 amide bonds. The van der Waals surface area contributed by atoms with Gasteiger partial charge in [0.15, 0.2) is 5.82 Å². The first-order valence-electron chi connectivity index (χ1n) is 11.1. The highest BCUT2D eigenvalue weighted by atomic mass is 35.5. The first-order valence-corrected chi connectivity index (χ1v) is 11.5. The van der Waals surface area contributed by atoms with Crippen LogP contribution in [0.2, 0.25) is 5.02 Å². The predicted molar refractivity (Wildman–Crippen MR) is 132 cm³/mol. The van der Waals surface area contributed by atoms with Crippen molar-refractivity contribution in [2.24, 2.45) is 10.9 Å².